The van der Waals surface area contributed by atoms with E-state index in [0.717, 1.165) is 58.7 Å². The lowest BCUT2D eigenvalue weighted by Gasteiger charge is -2.33. The zero-order valence-corrected chi connectivity index (χ0v) is 27.7. The van der Waals surface area contributed by atoms with Gasteiger partial charge in [0.1, 0.15) is 5.78 Å². The van der Waals surface area contributed by atoms with Crippen molar-refractivity contribution in [2.45, 2.75) is 97.6 Å². The van der Waals surface area contributed by atoms with E-state index in [-0.39, 0.29) is 16.4 Å². The Labute approximate surface area is 258 Å². The van der Waals surface area contributed by atoms with Crippen molar-refractivity contribution in [2.24, 2.45) is 17.8 Å². The van der Waals surface area contributed by atoms with Crippen molar-refractivity contribution >= 4 is 22.7 Å². The summed E-state index contributed by atoms with van der Waals surface area (Å²) in [6, 6.07) is 0. The number of carbonyl (C=O) groups excluding carboxylic acids is 2. The standard InChI is InChI=1S/C33H54N6O2S/c1-25(2)29-16-34-38(22-29)20-28-10-8-13-37(19-28)24-31(40)26(3)15-33(4,5)30-17-35-39(23-30)21-27-9-7-12-36(18-27)14-11-32(41)42-6/h16-17,22-23,25-28H,7-15,18-21,24H2,1-6H3/t26?,27-,28-/m1/s1. The fourth-order valence-corrected chi connectivity index (χ4v) is 7.09. The minimum absolute atomic E-state index is 0.000612. The molecule has 0 amide bonds. The smallest absolute Gasteiger partial charge is 0.189 e. The first kappa shape index (κ1) is 32.9. The molecule has 1 unspecified atom stereocenters. The summed E-state index contributed by atoms with van der Waals surface area (Å²) in [5, 5.41) is 9.58. The first-order valence-corrected chi connectivity index (χ1v) is 17.3. The molecule has 2 aliphatic rings. The van der Waals surface area contributed by atoms with Gasteiger partial charge in [0, 0.05) is 57.5 Å². The van der Waals surface area contributed by atoms with Crippen LogP contribution in [0.1, 0.15) is 90.2 Å². The molecule has 2 aromatic heterocycles. The molecule has 3 atom stereocenters. The van der Waals surface area contributed by atoms with Crippen LogP contribution in [0.25, 0.3) is 0 Å². The van der Waals surface area contributed by atoms with Crippen molar-refractivity contribution in [2.75, 3.05) is 45.5 Å². The monoisotopic (exact) mass is 598 g/mol. The summed E-state index contributed by atoms with van der Waals surface area (Å²) in [7, 11) is 0. The molecule has 8 nitrogen and oxygen atoms in total. The Morgan fingerprint density at radius 1 is 0.952 bits per heavy atom. The fourth-order valence-electron chi connectivity index (χ4n) is 6.79. The van der Waals surface area contributed by atoms with Gasteiger partial charge in [0.15, 0.2) is 5.12 Å². The van der Waals surface area contributed by atoms with Gasteiger partial charge in [0.25, 0.3) is 0 Å². The molecule has 9 heteroatoms. The average Bonchev–Trinajstić information content (AvgIpc) is 3.62. The SMILES string of the molecule is CSC(=O)CCN1CCC[C@@H](Cn2cc(C(C)(C)CC(C)C(=O)CN3CCC[C@@H](Cn4cc(C(C)C)cn4)C3)cn2)C1. The Kier molecular flexibility index (Phi) is 11.9. The van der Waals surface area contributed by atoms with Gasteiger partial charge in [-0.3, -0.25) is 23.9 Å². The lowest BCUT2D eigenvalue weighted by atomic mass is 9.77. The number of aromatic nitrogens is 4. The van der Waals surface area contributed by atoms with Gasteiger partial charge in [0.05, 0.1) is 18.9 Å². The molecule has 0 saturated carbocycles. The second kappa shape index (κ2) is 15.2. The van der Waals surface area contributed by atoms with Crippen LogP contribution in [-0.4, -0.2) is 85.8 Å². The Hall–Kier alpha value is -1.97. The second-order valence-electron chi connectivity index (χ2n) is 13.9. The van der Waals surface area contributed by atoms with Crippen molar-refractivity contribution in [3.05, 3.63) is 35.9 Å². The van der Waals surface area contributed by atoms with E-state index in [9.17, 15) is 9.59 Å². The number of piperidine rings is 2. The van der Waals surface area contributed by atoms with E-state index in [2.05, 4.69) is 71.3 Å². The van der Waals surface area contributed by atoms with Crippen LogP contribution in [-0.2, 0) is 28.1 Å². The minimum Gasteiger partial charge on any atom is -0.303 e. The minimum atomic E-state index is -0.122. The largest absolute Gasteiger partial charge is 0.303 e. The molecule has 4 rings (SSSR count). The molecule has 2 aliphatic heterocycles. The Balaban J connectivity index is 1.24. The molecule has 4 heterocycles. The summed E-state index contributed by atoms with van der Waals surface area (Å²) in [6.45, 7) is 18.3. The van der Waals surface area contributed by atoms with Gasteiger partial charge in [-0.25, -0.2) is 0 Å². The number of hydrogen-bond acceptors (Lipinski definition) is 7. The van der Waals surface area contributed by atoms with E-state index in [1.165, 1.54) is 42.2 Å². The molecule has 2 aromatic rings. The highest BCUT2D eigenvalue weighted by Gasteiger charge is 2.30. The van der Waals surface area contributed by atoms with Crippen LogP contribution in [0.5, 0.6) is 0 Å². The molecule has 0 radical (unpaired) electrons. The summed E-state index contributed by atoms with van der Waals surface area (Å²) in [6.07, 6.45) is 16.4. The number of rotatable bonds is 14. The zero-order chi connectivity index (χ0) is 30.3. The van der Waals surface area contributed by atoms with Crippen LogP contribution in [0.15, 0.2) is 24.8 Å². The molecule has 2 saturated heterocycles. The molecule has 2 fully saturated rings. The van der Waals surface area contributed by atoms with Gasteiger partial charge in [0.2, 0.25) is 0 Å². The van der Waals surface area contributed by atoms with Crippen molar-refractivity contribution < 1.29 is 9.59 Å². The van der Waals surface area contributed by atoms with Crippen LogP contribution >= 0.6 is 11.8 Å². The number of Topliss-reactive ketones (excluding diaryl/α,β-unsaturated/α-hetero) is 1. The number of hydrogen-bond donors (Lipinski definition) is 0. The Morgan fingerprint density at radius 2 is 1.57 bits per heavy atom. The lowest BCUT2D eigenvalue weighted by Crippen LogP contribution is -2.41. The summed E-state index contributed by atoms with van der Waals surface area (Å²) in [5.74, 6) is 1.94. The number of likely N-dealkylation sites (tertiary alicyclic amines) is 2. The van der Waals surface area contributed by atoms with Gasteiger partial charge < -0.3 is 4.90 Å². The highest BCUT2D eigenvalue weighted by molar-refractivity contribution is 8.13. The average molecular weight is 599 g/mol. The van der Waals surface area contributed by atoms with Crippen molar-refractivity contribution in [1.29, 1.82) is 0 Å². The van der Waals surface area contributed by atoms with Gasteiger partial charge in [-0.15, -0.1) is 0 Å². The Morgan fingerprint density at radius 3 is 2.21 bits per heavy atom. The van der Waals surface area contributed by atoms with Crippen LogP contribution in [0.4, 0.5) is 0 Å². The maximum Gasteiger partial charge on any atom is 0.189 e. The van der Waals surface area contributed by atoms with E-state index in [4.69, 9.17) is 5.10 Å². The highest BCUT2D eigenvalue weighted by Crippen LogP contribution is 2.31. The normalized spacial score (nSPS) is 21.6. The number of ketones is 1. The fraction of sp³-hybridized carbons (Fsp3) is 0.758. The third-order valence-electron chi connectivity index (χ3n) is 9.44. The third-order valence-corrected chi connectivity index (χ3v) is 10.1. The molecule has 234 valence electrons. The van der Waals surface area contributed by atoms with Crippen LogP contribution in [0.2, 0.25) is 0 Å². The summed E-state index contributed by atoms with van der Waals surface area (Å²) < 4.78 is 4.19. The quantitative estimate of drug-likeness (QED) is 0.285. The summed E-state index contributed by atoms with van der Waals surface area (Å²) >= 11 is 1.33. The van der Waals surface area contributed by atoms with Crippen molar-refractivity contribution in [3.8, 4) is 0 Å². The van der Waals surface area contributed by atoms with E-state index in [0.29, 0.717) is 36.5 Å². The first-order valence-electron chi connectivity index (χ1n) is 16.1. The molecular formula is C33H54N6O2S. The molecule has 0 aromatic carbocycles. The molecule has 0 N–H and O–H groups in total. The Bertz CT molecular complexity index is 1160. The second-order valence-corrected chi connectivity index (χ2v) is 14.8. The number of thioether (sulfide) groups is 1. The first-order chi connectivity index (χ1) is 20.0. The topological polar surface area (TPSA) is 76.3 Å². The van der Waals surface area contributed by atoms with Crippen LogP contribution in [0.3, 0.4) is 0 Å². The molecular weight excluding hydrogens is 544 g/mol. The van der Waals surface area contributed by atoms with E-state index < -0.39 is 0 Å². The van der Waals surface area contributed by atoms with Crippen molar-refractivity contribution in [1.82, 2.24) is 29.4 Å². The third kappa shape index (κ3) is 9.52. The summed E-state index contributed by atoms with van der Waals surface area (Å²) in [5.41, 5.74) is 2.37. The van der Waals surface area contributed by atoms with E-state index in [1.807, 2.05) is 18.6 Å². The highest BCUT2D eigenvalue weighted by atomic mass is 32.2. The van der Waals surface area contributed by atoms with E-state index >= 15 is 0 Å². The summed E-state index contributed by atoms with van der Waals surface area (Å²) in [4.78, 5) is 29.9. The predicted octanol–water partition coefficient (Wildman–Crippen LogP) is 5.48. The predicted molar refractivity (Wildman–Crippen MR) is 172 cm³/mol. The number of nitrogens with zero attached hydrogens (tertiary/aromatic N) is 6. The van der Waals surface area contributed by atoms with Gasteiger partial charge in [-0.1, -0.05) is 46.4 Å². The molecule has 42 heavy (non-hydrogen) atoms. The maximum atomic E-state index is 13.4. The van der Waals surface area contributed by atoms with Gasteiger partial charge in [-0.2, -0.15) is 10.2 Å². The lowest BCUT2D eigenvalue weighted by molar-refractivity contribution is -0.124. The zero-order valence-electron chi connectivity index (χ0n) is 26.9. The van der Waals surface area contributed by atoms with E-state index in [1.54, 1.807) is 0 Å². The van der Waals surface area contributed by atoms with Crippen LogP contribution < -0.4 is 0 Å². The van der Waals surface area contributed by atoms with Gasteiger partial charge >= 0.3 is 0 Å². The van der Waals surface area contributed by atoms with Gasteiger partial charge in [-0.05, 0) is 85.7 Å². The van der Waals surface area contributed by atoms with Crippen molar-refractivity contribution in [3.63, 3.8) is 0 Å². The molecule has 0 spiro atoms. The molecule has 0 aliphatic carbocycles. The number of carbonyl (C=O) groups is 2. The maximum absolute atomic E-state index is 13.4. The van der Waals surface area contributed by atoms with Crippen LogP contribution in [0, 0.1) is 17.8 Å². The molecule has 0 bridgehead atoms.